The van der Waals surface area contributed by atoms with Crippen molar-refractivity contribution in [3.8, 4) is 0 Å². The van der Waals surface area contributed by atoms with Gasteiger partial charge in [0.1, 0.15) is 11.6 Å². The number of amides is 1. The number of carbonyl (C=O) groups excluding carboxylic acids is 1. The van der Waals surface area contributed by atoms with Crippen LogP contribution in [0.1, 0.15) is 24.1 Å². The Morgan fingerprint density at radius 3 is 2.13 bits per heavy atom. The van der Waals surface area contributed by atoms with Crippen LogP contribution < -0.4 is 5.32 Å². The number of likely N-dealkylation sites (N-methyl/N-ethyl adjacent to an activating group) is 1. The molecule has 2 aromatic rings. The molecule has 122 valence electrons. The summed E-state index contributed by atoms with van der Waals surface area (Å²) in [6.45, 7) is 2.63. The molecule has 1 N–H and O–H groups in total. The monoisotopic (exact) mass is 318 g/mol. The van der Waals surface area contributed by atoms with Crippen molar-refractivity contribution in [2.45, 2.75) is 19.5 Å². The zero-order valence-corrected chi connectivity index (χ0v) is 13.2. The van der Waals surface area contributed by atoms with Crippen LogP contribution in [0.5, 0.6) is 0 Å². The highest BCUT2D eigenvalue weighted by molar-refractivity contribution is 5.78. The van der Waals surface area contributed by atoms with Gasteiger partial charge in [-0.3, -0.25) is 9.69 Å². The molecule has 0 aliphatic heterocycles. The zero-order chi connectivity index (χ0) is 16.8. The number of benzene rings is 2. The molecule has 0 fully saturated rings. The van der Waals surface area contributed by atoms with Crippen molar-refractivity contribution in [3.63, 3.8) is 0 Å². The van der Waals surface area contributed by atoms with Gasteiger partial charge >= 0.3 is 0 Å². The van der Waals surface area contributed by atoms with Crippen molar-refractivity contribution in [1.29, 1.82) is 0 Å². The quantitative estimate of drug-likeness (QED) is 0.886. The van der Waals surface area contributed by atoms with Crippen LogP contribution in [0.4, 0.5) is 8.78 Å². The molecule has 23 heavy (non-hydrogen) atoms. The first-order chi connectivity index (χ1) is 10.9. The fraction of sp³-hybridized carbons (Fsp3) is 0.278. The van der Waals surface area contributed by atoms with Crippen molar-refractivity contribution in [2.24, 2.45) is 0 Å². The number of hydrogen-bond acceptors (Lipinski definition) is 2. The van der Waals surface area contributed by atoms with Crippen molar-refractivity contribution in [2.75, 3.05) is 13.6 Å². The molecule has 1 amide bonds. The number of rotatable bonds is 6. The molecule has 0 radical (unpaired) electrons. The summed E-state index contributed by atoms with van der Waals surface area (Å²) < 4.78 is 25.8. The molecule has 2 aromatic carbocycles. The van der Waals surface area contributed by atoms with Crippen molar-refractivity contribution >= 4 is 5.91 Å². The van der Waals surface area contributed by atoms with Gasteiger partial charge in [-0.25, -0.2) is 8.78 Å². The third kappa shape index (κ3) is 5.45. The van der Waals surface area contributed by atoms with Crippen LogP contribution in [0, 0.1) is 11.6 Å². The Labute approximate surface area is 134 Å². The highest BCUT2D eigenvalue weighted by Crippen LogP contribution is 2.12. The zero-order valence-electron chi connectivity index (χ0n) is 13.2. The molecular weight excluding hydrogens is 298 g/mol. The molecule has 0 bridgehead atoms. The van der Waals surface area contributed by atoms with E-state index in [2.05, 4.69) is 5.32 Å². The Morgan fingerprint density at radius 2 is 1.57 bits per heavy atom. The fourth-order valence-corrected chi connectivity index (χ4v) is 2.32. The summed E-state index contributed by atoms with van der Waals surface area (Å²) in [6.07, 6.45) is 0. The van der Waals surface area contributed by atoms with Gasteiger partial charge in [-0.2, -0.15) is 0 Å². The Bertz CT molecular complexity index is 641. The lowest BCUT2D eigenvalue weighted by Gasteiger charge is -2.19. The number of nitrogens with one attached hydrogen (secondary N) is 1. The molecule has 0 aliphatic carbocycles. The van der Waals surface area contributed by atoms with E-state index >= 15 is 0 Å². The van der Waals surface area contributed by atoms with Gasteiger partial charge in [0.05, 0.1) is 12.6 Å². The van der Waals surface area contributed by atoms with Gasteiger partial charge in [0, 0.05) is 6.54 Å². The van der Waals surface area contributed by atoms with Gasteiger partial charge in [-0.15, -0.1) is 0 Å². The normalized spacial score (nSPS) is 12.2. The van der Waals surface area contributed by atoms with E-state index in [1.807, 2.05) is 18.9 Å². The van der Waals surface area contributed by atoms with Gasteiger partial charge in [-0.05, 0) is 49.4 Å². The van der Waals surface area contributed by atoms with Crippen LogP contribution in [0.3, 0.4) is 0 Å². The van der Waals surface area contributed by atoms with E-state index < -0.39 is 0 Å². The van der Waals surface area contributed by atoms with Crippen LogP contribution >= 0.6 is 0 Å². The summed E-state index contributed by atoms with van der Waals surface area (Å²) in [7, 11) is 1.82. The van der Waals surface area contributed by atoms with E-state index in [9.17, 15) is 13.6 Å². The summed E-state index contributed by atoms with van der Waals surface area (Å²) >= 11 is 0. The van der Waals surface area contributed by atoms with Crippen molar-refractivity contribution < 1.29 is 13.6 Å². The van der Waals surface area contributed by atoms with Crippen LogP contribution in [0.15, 0.2) is 48.5 Å². The molecule has 3 nitrogen and oxygen atoms in total. The smallest absolute Gasteiger partial charge is 0.234 e. The molecule has 0 heterocycles. The molecule has 0 spiro atoms. The second-order valence-corrected chi connectivity index (χ2v) is 5.64. The maximum absolute atomic E-state index is 12.9. The summed E-state index contributed by atoms with van der Waals surface area (Å²) in [4.78, 5) is 13.9. The third-order valence-corrected chi connectivity index (χ3v) is 3.53. The van der Waals surface area contributed by atoms with Crippen LogP contribution in [0.25, 0.3) is 0 Å². The van der Waals surface area contributed by atoms with E-state index in [0.717, 1.165) is 11.1 Å². The molecular formula is C18H20F2N2O. The summed E-state index contributed by atoms with van der Waals surface area (Å²) in [5.74, 6) is -0.694. The van der Waals surface area contributed by atoms with E-state index in [-0.39, 0.29) is 30.1 Å². The number of nitrogens with zero attached hydrogens (tertiary/aromatic N) is 1. The standard InChI is InChI=1S/C18H20F2N2O/c1-13(15-5-9-17(20)10-6-15)21-18(23)12-22(2)11-14-3-7-16(19)8-4-14/h3-10,13H,11-12H2,1-2H3,(H,21,23). The fourth-order valence-electron chi connectivity index (χ4n) is 2.32. The second kappa shape index (κ2) is 7.83. The van der Waals surface area contributed by atoms with E-state index in [0.29, 0.717) is 6.54 Å². The van der Waals surface area contributed by atoms with Crippen molar-refractivity contribution in [1.82, 2.24) is 10.2 Å². The van der Waals surface area contributed by atoms with Gasteiger partial charge < -0.3 is 5.32 Å². The lowest BCUT2D eigenvalue weighted by atomic mass is 10.1. The number of hydrogen-bond donors (Lipinski definition) is 1. The Morgan fingerprint density at radius 1 is 1.04 bits per heavy atom. The maximum atomic E-state index is 12.9. The number of carbonyl (C=O) groups is 1. The average Bonchev–Trinajstić information content (AvgIpc) is 2.50. The molecule has 5 heteroatoms. The minimum absolute atomic E-state index is 0.119. The van der Waals surface area contributed by atoms with Gasteiger partial charge in [0.25, 0.3) is 0 Å². The summed E-state index contributed by atoms with van der Waals surface area (Å²) in [5, 5.41) is 2.88. The van der Waals surface area contributed by atoms with Gasteiger partial charge in [0.2, 0.25) is 5.91 Å². The lowest BCUT2D eigenvalue weighted by molar-refractivity contribution is -0.122. The average molecular weight is 318 g/mol. The van der Waals surface area contributed by atoms with Crippen LogP contribution in [0.2, 0.25) is 0 Å². The van der Waals surface area contributed by atoms with Crippen LogP contribution in [-0.4, -0.2) is 24.4 Å². The van der Waals surface area contributed by atoms with E-state index in [1.54, 1.807) is 24.3 Å². The first-order valence-electron chi connectivity index (χ1n) is 7.42. The summed E-state index contributed by atoms with van der Waals surface area (Å²) in [5.41, 5.74) is 1.79. The van der Waals surface area contributed by atoms with E-state index in [1.165, 1.54) is 24.3 Å². The SMILES string of the molecule is CC(NC(=O)CN(C)Cc1ccc(F)cc1)c1ccc(F)cc1. The minimum Gasteiger partial charge on any atom is -0.348 e. The largest absolute Gasteiger partial charge is 0.348 e. The second-order valence-electron chi connectivity index (χ2n) is 5.64. The molecule has 0 aliphatic rings. The highest BCUT2D eigenvalue weighted by atomic mass is 19.1. The first kappa shape index (κ1) is 17.1. The Balaban J connectivity index is 1.83. The van der Waals surface area contributed by atoms with Crippen LogP contribution in [-0.2, 0) is 11.3 Å². The maximum Gasteiger partial charge on any atom is 0.234 e. The lowest BCUT2D eigenvalue weighted by Crippen LogP contribution is -2.36. The minimum atomic E-state index is -0.300. The first-order valence-corrected chi connectivity index (χ1v) is 7.42. The number of halogens is 2. The highest BCUT2D eigenvalue weighted by Gasteiger charge is 2.12. The summed E-state index contributed by atoms with van der Waals surface area (Å²) in [6, 6.07) is 12.1. The van der Waals surface area contributed by atoms with Gasteiger partial charge in [-0.1, -0.05) is 24.3 Å². The van der Waals surface area contributed by atoms with Crippen molar-refractivity contribution in [3.05, 3.63) is 71.3 Å². The van der Waals surface area contributed by atoms with Gasteiger partial charge in [0.15, 0.2) is 0 Å². The predicted octanol–water partition coefficient (Wildman–Crippen LogP) is 3.27. The van der Waals surface area contributed by atoms with E-state index in [4.69, 9.17) is 0 Å². The molecule has 0 saturated carbocycles. The molecule has 0 aromatic heterocycles. The molecule has 1 unspecified atom stereocenters. The molecule has 2 rings (SSSR count). The third-order valence-electron chi connectivity index (χ3n) is 3.53. The molecule has 0 saturated heterocycles. The predicted molar refractivity (Wildman–Crippen MR) is 85.7 cm³/mol. The molecule has 1 atom stereocenters. The topological polar surface area (TPSA) is 32.3 Å². The Hall–Kier alpha value is -2.27. The Kier molecular flexibility index (Phi) is 5.82.